The van der Waals surface area contributed by atoms with Crippen LogP contribution in [0.2, 0.25) is 0 Å². The van der Waals surface area contributed by atoms with Gasteiger partial charge in [0, 0.05) is 31.1 Å². The third-order valence-corrected chi connectivity index (χ3v) is 5.09. The molecule has 0 spiro atoms. The van der Waals surface area contributed by atoms with E-state index in [9.17, 15) is 19.1 Å². The Morgan fingerprint density at radius 2 is 2.06 bits per heavy atom. The Labute approximate surface area is 206 Å². The summed E-state index contributed by atoms with van der Waals surface area (Å²) in [5.41, 5.74) is -0.125. The lowest BCUT2D eigenvalue weighted by molar-refractivity contribution is -0.120. The maximum Gasteiger partial charge on any atom is 0.270 e. The van der Waals surface area contributed by atoms with Gasteiger partial charge in [0.05, 0.1) is 5.69 Å². The summed E-state index contributed by atoms with van der Waals surface area (Å²) in [5.74, 6) is 4.29. The molecule has 2 aromatic heterocycles. The number of carbonyl (C=O) groups is 2. The average molecular weight is 490 g/mol. The van der Waals surface area contributed by atoms with E-state index in [2.05, 4.69) is 27.1 Å². The number of aromatic nitrogens is 2. The molecule has 184 valence electrons. The number of ether oxygens (including phenoxy) is 2. The van der Waals surface area contributed by atoms with Gasteiger partial charge in [0.15, 0.2) is 5.75 Å². The molecule has 4 rings (SSSR count). The van der Waals surface area contributed by atoms with Crippen molar-refractivity contribution in [1.29, 1.82) is 0 Å². The summed E-state index contributed by atoms with van der Waals surface area (Å²) in [6.45, 7) is 3.04. The summed E-state index contributed by atoms with van der Waals surface area (Å²) in [6.07, 6.45) is 2.63. The number of hydrogen-bond acceptors (Lipinski definition) is 7. The topological polar surface area (TPSA) is 114 Å². The Morgan fingerprint density at radius 3 is 2.81 bits per heavy atom. The number of pyridine rings is 2. The molecule has 2 amide bonds. The van der Waals surface area contributed by atoms with Crippen LogP contribution in [0.15, 0.2) is 54.9 Å². The van der Waals surface area contributed by atoms with Gasteiger partial charge in [-0.3, -0.25) is 14.6 Å². The van der Waals surface area contributed by atoms with Crippen LogP contribution in [0, 0.1) is 17.8 Å². The Hall–Kier alpha value is -4.49. The van der Waals surface area contributed by atoms with Crippen LogP contribution in [0.3, 0.4) is 0 Å². The molecule has 1 aliphatic heterocycles. The third-order valence-electron chi connectivity index (χ3n) is 5.09. The van der Waals surface area contributed by atoms with Crippen molar-refractivity contribution in [2.45, 2.75) is 25.5 Å². The summed E-state index contributed by atoms with van der Waals surface area (Å²) in [6, 6.07) is 9.79. The fraction of sp³-hybridized carbons (Fsp3) is 0.231. The number of aliphatic hydroxyl groups is 1. The number of likely N-dealkylation sites (N-methyl/N-ethyl adjacent to an activating group) is 1. The molecule has 1 aliphatic rings. The molecule has 3 aromatic rings. The number of fused-ring (bicyclic) bond motifs is 1. The predicted octanol–water partition coefficient (Wildman–Crippen LogP) is 2.68. The van der Waals surface area contributed by atoms with Crippen molar-refractivity contribution in [2.75, 3.05) is 18.6 Å². The molecular weight excluding hydrogens is 467 g/mol. The van der Waals surface area contributed by atoms with Gasteiger partial charge >= 0.3 is 0 Å². The van der Waals surface area contributed by atoms with Crippen LogP contribution in [-0.2, 0) is 4.79 Å². The van der Waals surface area contributed by atoms with Gasteiger partial charge in [-0.1, -0.05) is 11.8 Å². The van der Waals surface area contributed by atoms with Crippen molar-refractivity contribution >= 4 is 17.5 Å². The van der Waals surface area contributed by atoms with Crippen molar-refractivity contribution in [1.82, 2.24) is 15.3 Å². The lowest BCUT2D eigenvalue weighted by Crippen LogP contribution is -2.49. The molecule has 0 bridgehead atoms. The Morgan fingerprint density at radius 1 is 1.25 bits per heavy atom. The molecule has 36 heavy (non-hydrogen) atoms. The predicted molar refractivity (Wildman–Crippen MR) is 128 cm³/mol. The molecule has 9 nitrogen and oxygen atoms in total. The molecule has 0 radical (unpaired) electrons. The minimum atomic E-state index is -1.16. The van der Waals surface area contributed by atoms with E-state index < -0.39 is 29.4 Å². The van der Waals surface area contributed by atoms with E-state index in [1.807, 2.05) is 0 Å². The molecule has 10 heteroatoms. The molecule has 1 atom stereocenters. The van der Waals surface area contributed by atoms with E-state index in [4.69, 9.17) is 9.47 Å². The zero-order valence-electron chi connectivity index (χ0n) is 19.8. The first-order valence-corrected chi connectivity index (χ1v) is 11.0. The summed E-state index contributed by atoms with van der Waals surface area (Å²) >= 11 is 0. The number of carbonyl (C=O) groups excluding carboxylic acids is 2. The molecule has 0 fully saturated rings. The maximum absolute atomic E-state index is 13.8. The second-order valence-electron chi connectivity index (χ2n) is 8.50. The number of nitrogens with one attached hydrogen (secondary N) is 1. The minimum Gasteiger partial charge on any atom is -0.489 e. The first-order valence-electron chi connectivity index (χ1n) is 11.0. The highest BCUT2D eigenvalue weighted by Gasteiger charge is 2.31. The molecule has 0 unspecified atom stereocenters. The summed E-state index contributed by atoms with van der Waals surface area (Å²) < 4.78 is 25.0. The van der Waals surface area contributed by atoms with E-state index in [0.29, 0.717) is 17.0 Å². The molecule has 3 heterocycles. The Balaban J connectivity index is 1.49. The van der Waals surface area contributed by atoms with Gasteiger partial charge in [-0.15, -0.1) is 0 Å². The number of halogens is 1. The van der Waals surface area contributed by atoms with Gasteiger partial charge in [-0.2, -0.15) is 4.39 Å². The van der Waals surface area contributed by atoms with Gasteiger partial charge < -0.3 is 24.8 Å². The van der Waals surface area contributed by atoms with Crippen molar-refractivity contribution in [2.24, 2.45) is 0 Å². The van der Waals surface area contributed by atoms with E-state index in [1.54, 1.807) is 39.1 Å². The van der Waals surface area contributed by atoms with Crippen LogP contribution in [0.5, 0.6) is 17.2 Å². The van der Waals surface area contributed by atoms with Gasteiger partial charge in [-0.05, 0) is 50.2 Å². The van der Waals surface area contributed by atoms with Crippen LogP contribution in [0.4, 0.5) is 10.1 Å². The summed E-state index contributed by atoms with van der Waals surface area (Å²) in [4.78, 5) is 34.9. The van der Waals surface area contributed by atoms with Crippen molar-refractivity contribution in [3.05, 3.63) is 72.1 Å². The normalized spacial score (nSPS) is 15.1. The summed E-state index contributed by atoms with van der Waals surface area (Å²) in [5, 5.41) is 12.5. The highest BCUT2D eigenvalue weighted by Crippen LogP contribution is 2.31. The molecule has 0 aliphatic carbocycles. The number of rotatable bonds is 4. The average Bonchev–Trinajstić information content (AvgIpc) is 2.96. The number of amides is 2. The van der Waals surface area contributed by atoms with Crippen LogP contribution in [0.25, 0.3) is 0 Å². The van der Waals surface area contributed by atoms with Crippen LogP contribution < -0.4 is 19.7 Å². The maximum atomic E-state index is 13.8. The van der Waals surface area contributed by atoms with E-state index in [0.717, 1.165) is 0 Å². The minimum absolute atomic E-state index is 0.0295. The van der Waals surface area contributed by atoms with Crippen LogP contribution >= 0.6 is 0 Å². The number of nitrogens with zero attached hydrogens (tertiary/aromatic N) is 3. The summed E-state index contributed by atoms with van der Waals surface area (Å²) in [7, 11) is 1.57. The lowest BCUT2D eigenvalue weighted by atomic mass is 10.1. The molecular formula is C26H23FN4O5. The fourth-order valence-electron chi connectivity index (χ4n) is 3.31. The van der Waals surface area contributed by atoms with Crippen LogP contribution in [0.1, 0.15) is 29.9 Å². The Bertz CT molecular complexity index is 1380. The smallest absolute Gasteiger partial charge is 0.270 e. The van der Waals surface area contributed by atoms with Crippen molar-refractivity contribution in [3.8, 4) is 29.1 Å². The van der Waals surface area contributed by atoms with Crippen molar-refractivity contribution < 1.29 is 28.6 Å². The zero-order valence-corrected chi connectivity index (χ0v) is 19.8. The highest BCUT2D eigenvalue weighted by atomic mass is 19.1. The van der Waals surface area contributed by atoms with Crippen molar-refractivity contribution in [3.63, 3.8) is 0 Å². The largest absolute Gasteiger partial charge is 0.489 e. The van der Waals surface area contributed by atoms with Gasteiger partial charge in [0.1, 0.15) is 35.4 Å². The van der Waals surface area contributed by atoms with Gasteiger partial charge in [0.2, 0.25) is 0 Å². The third kappa shape index (κ3) is 5.76. The first kappa shape index (κ1) is 24.6. The fourth-order valence-corrected chi connectivity index (χ4v) is 3.31. The SMILES string of the molecule is CN1C(=O)[C@@H](NC(=O)c2cc(Oc3cccnc3F)ccn2)COc2ccc(C#CC(C)(C)O)cc21. The van der Waals surface area contributed by atoms with E-state index in [-0.39, 0.29) is 23.8 Å². The Kier molecular flexibility index (Phi) is 6.85. The van der Waals surface area contributed by atoms with Gasteiger partial charge in [-0.25, -0.2) is 4.98 Å². The second-order valence-corrected chi connectivity index (χ2v) is 8.50. The van der Waals surface area contributed by atoms with E-state index >= 15 is 0 Å². The standard InChI is InChI=1S/C26H23FN4O5/c1-26(2,34)10-8-16-6-7-21-20(13-16)31(3)25(33)19(15-35-21)30-24(32)18-14-17(9-12-28-18)36-22-5-4-11-29-23(22)27/h4-7,9,11-14,19,34H,15H2,1-3H3,(H,30,32)/t19-/m0/s1. The number of anilines is 1. The van der Waals surface area contributed by atoms with Gasteiger partial charge in [0.25, 0.3) is 17.8 Å². The lowest BCUT2D eigenvalue weighted by Gasteiger charge is -2.20. The number of hydrogen-bond donors (Lipinski definition) is 2. The molecule has 2 N–H and O–H groups in total. The quantitative estimate of drug-likeness (QED) is 0.427. The molecule has 1 aromatic carbocycles. The highest BCUT2D eigenvalue weighted by molar-refractivity contribution is 6.03. The molecule has 0 saturated heterocycles. The van der Waals surface area contributed by atoms with E-state index in [1.165, 1.54) is 41.6 Å². The monoisotopic (exact) mass is 490 g/mol. The zero-order chi connectivity index (χ0) is 25.9. The molecule has 0 saturated carbocycles. The second kappa shape index (κ2) is 10.0. The first-order chi connectivity index (χ1) is 17.1. The van der Waals surface area contributed by atoms with Crippen LogP contribution in [-0.4, -0.2) is 52.2 Å². The number of benzene rings is 1.